The molecule has 0 saturated heterocycles. The van der Waals surface area contributed by atoms with Crippen LogP contribution in [-0.4, -0.2) is 10.5 Å². The Kier molecular flexibility index (Phi) is 6.25. The second-order valence-electron chi connectivity index (χ2n) is 5.82. The van der Waals surface area contributed by atoms with Gasteiger partial charge >= 0.3 is 6.18 Å². The van der Waals surface area contributed by atoms with Crippen LogP contribution in [0, 0.1) is 0 Å². The van der Waals surface area contributed by atoms with Crippen LogP contribution in [0.15, 0.2) is 69.1 Å². The smallest absolute Gasteiger partial charge is 0.324 e. The summed E-state index contributed by atoms with van der Waals surface area (Å²) in [4.78, 5) is 25.1. The van der Waals surface area contributed by atoms with Gasteiger partial charge in [-0.3, -0.25) is 9.59 Å². The number of thiophene rings is 1. The minimum atomic E-state index is -4.76. The largest absolute Gasteiger partial charge is 0.421 e. The quantitative estimate of drug-likeness (QED) is 0.575. The molecule has 9 heteroatoms. The highest BCUT2D eigenvalue weighted by Crippen LogP contribution is 2.30. The van der Waals surface area contributed by atoms with E-state index >= 15 is 0 Å². The number of nitrogens with zero attached hydrogens (tertiary/aromatic N) is 1. The van der Waals surface area contributed by atoms with Crippen LogP contribution >= 0.6 is 23.1 Å². The third-order valence-corrected chi connectivity index (χ3v) is 5.65. The van der Waals surface area contributed by atoms with E-state index in [-0.39, 0.29) is 0 Å². The Bertz CT molecular complexity index is 1010. The molecule has 3 rings (SSSR count). The Morgan fingerprint density at radius 1 is 1.14 bits per heavy atom. The monoisotopic (exact) mass is 424 g/mol. The Balaban J connectivity index is 1.71. The van der Waals surface area contributed by atoms with Crippen LogP contribution in [0.5, 0.6) is 0 Å². The van der Waals surface area contributed by atoms with E-state index in [1.54, 1.807) is 23.5 Å². The molecule has 0 atom stereocenters. The van der Waals surface area contributed by atoms with Gasteiger partial charge in [0, 0.05) is 16.8 Å². The first-order valence-corrected chi connectivity index (χ1v) is 10.1. The Morgan fingerprint density at radius 2 is 1.93 bits per heavy atom. The third kappa shape index (κ3) is 5.05. The summed E-state index contributed by atoms with van der Waals surface area (Å²) in [6.45, 7) is -0.508. The second-order valence-corrected chi connectivity index (χ2v) is 7.61. The van der Waals surface area contributed by atoms with Crippen LogP contribution in [0.4, 0.5) is 18.9 Å². The lowest BCUT2D eigenvalue weighted by atomic mass is 10.2. The van der Waals surface area contributed by atoms with Crippen LogP contribution in [0.25, 0.3) is 0 Å². The SMILES string of the molecule is O=C(Cn1cccc(C(F)(F)F)c1=O)Nc1ccccc1SCc1ccsc1. The van der Waals surface area contributed by atoms with Crippen molar-refractivity contribution < 1.29 is 18.0 Å². The highest BCUT2D eigenvalue weighted by molar-refractivity contribution is 7.98. The summed E-state index contributed by atoms with van der Waals surface area (Å²) in [5, 5.41) is 6.69. The Labute approximate surface area is 167 Å². The van der Waals surface area contributed by atoms with E-state index in [1.165, 1.54) is 11.8 Å². The van der Waals surface area contributed by atoms with Gasteiger partial charge in [-0.2, -0.15) is 24.5 Å². The lowest BCUT2D eigenvalue weighted by Crippen LogP contribution is -2.32. The molecule has 28 heavy (non-hydrogen) atoms. The first-order chi connectivity index (χ1) is 13.3. The zero-order chi connectivity index (χ0) is 20.1. The van der Waals surface area contributed by atoms with E-state index in [2.05, 4.69) is 5.32 Å². The van der Waals surface area contributed by atoms with Crippen molar-refractivity contribution in [3.05, 3.63) is 80.9 Å². The van der Waals surface area contributed by atoms with E-state index in [0.717, 1.165) is 33.0 Å². The van der Waals surface area contributed by atoms with Crippen molar-refractivity contribution in [2.24, 2.45) is 0 Å². The Hall–Kier alpha value is -2.52. The van der Waals surface area contributed by atoms with Gasteiger partial charge in [-0.15, -0.1) is 11.8 Å². The predicted octanol–water partition coefficient (Wildman–Crippen LogP) is 4.86. The molecule has 0 unspecified atom stereocenters. The number of thioether (sulfide) groups is 1. The number of benzene rings is 1. The van der Waals surface area contributed by atoms with Crippen LogP contribution in [0.1, 0.15) is 11.1 Å². The third-order valence-electron chi connectivity index (χ3n) is 3.78. The molecule has 3 aromatic rings. The van der Waals surface area contributed by atoms with E-state index in [4.69, 9.17) is 0 Å². The van der Waals surface area contributed by atoms with E-state index in [1.807, 2.05) is 29.0 Å². The molecule has 0 aliphatic carbocycles. The van der Waals surface area contributed by atoms with Crippen molar-refractivity contribution in [2.45, 2.75) is 23.4 Å². The van der Waals surface area contributed by atoms with E-state index in [9.17, 15) is 22.8 Å². The van der Waals surface area contributed by atoms with Gasteiger partial charge < -0.3 is 9.88 Å². The molecule has 4 nitrogen and oxygen atoms in total. The Morgan fingerprint density at radius 3 is 2.64 bits per heavy atom. The molecule has 0 spiro atoms. The van der Waals surface area contributed by atoms with Gasteiger partial charge in [-0.25, -0.2) is 0 Å². The first-order valence-electron chi connectivity index (χ1n) is 8.14. The maximum absolute atomic E-state index is 12.9. The highest BCUT2D eigenvalue weighted by Gasteiger charge is 2.34. The van der Waals surface area contributed by atoms with Crippen LogP contribution < -0.4 is 10.9 Å². The zero-order valence-corrected chi connectivity index (χ0v) is 16.0. The molecule has 0 fully saturated rings. The normalized spacial score (nSPS) is 11.4. The number of nitrogens with one attached hydrogen (secondary N) is 1. The molecule has 1 amide bonds. The van der Waals surface area contributed by atoms with Crippen molar-refractivity contribution in [2.75, 3.05) is 5.32 Å². The number of rotatable bonds is 6. The van der Waals surface area contributed by atoms with Crippen molar-refractivity contribution >= 4 is 34.7 Å². The number of carbonyl (C=O) groups excluding carboxylic acids is 1. The second kappa shape index (κ2) is 8.66. The summed E-state index contributed by atoms with van der Waals surface area (Å²) in [5.74, 6) is 0.147. The van der Waals surface area contributed by atoms with Gasteiger partial charge in [0.25, 0.3) is 5.56 Å². The number of aromatic nitrogens is 1. The minimum Gasteiger partial charge on any atom is -0.324 e. The summed E-state index contributed by atoms with van der Waals surface area (Å²) in [6, 6.07) is 11.0. The first kappa shape index (κ1) is 20.2. The average molecular weight is 424 g/mol. The minimum absolute atomic E-state index is 0.508. The van der Waals surface area contributed by atoms with Gasteiger partial charge in [-0.1, -0.05) is 12.1 Å². The maximum Gasteiger partial charge on any atom is 0.421 e. The molecular formula is C19H15F3N2O2S2. The van der Waals surface area contributed by atoms with E-state index < -0.39 is 29.8 Å². The molecule has 1 aromatic carbocycles. The molecule has 0 radical (unpaired) electrons. The number of amides is 1. The molecule has 2 aromatic heterocycles. The van der Waals surface area contributed by atoms with Crippen molar-refractivity contribution in [1.82, 2.24) is 4.57 Å². The van der Waals surface area contributed by atoms with Crippen LogP contribution in [0.3, 0.4) is 0 Å². The molecule has 0 bridgehead atoms. The topological polar surface area (TPSA) is 51.1 Å². The number of halogens is 3. The number of pyridine rings is 1. The fraction of sp³-hybridized carbons (Fsp3) is 0.158. The van der Waals surface area contributed by atoms with Crippen LogP contribution in [0.2, 0.25) is 0 Å². The van der Waals surface area contributed by atoms with Gasteiger partial charge in [0.1, 0.15) is 12.1 Å². The fourth-order valence-corrected chi connectivity index (χ4v) is 4.18. The number of hydrogen-bond donors (Lipinski definition) is 1. The highest BCUT2D eigenvalue weighted by atomic mass is 32.2. The summed E-state index contributed by atoms with van der Waals surface area (Å²) in [7, 11) is 0. The fourth-order valence-electron chi connectivity index (χ4n) is 2.45. The number of alkyl halides is 3. The van der Waals surface area contributed by atoms with Crippen molar-refractivity contribution in [1.29, 1.82) is 0 Å². The summed E-state index contributed by atoms with van der Waals surface area (Å²) >= 11 is 3.14. The lowest BCUT2D eigenvalue weighted by Gasteiger charge is -2.12. The van der Waals surface area contributed by atoms with Crippen molar-refractivity contribution in [3.8, 4) is 0 Å². The van der Waals surface area contributed by atoms with Crippen LogP contribution in [-0.2, 0) is 23.3 Å². The molecule has 0 aliphatic heterocycles. The molecule has 0 aliphatic rings. The number of hydrogen-bond acceptors (Lipinski definition) is 4. The maximum atomic E-state index is 12.9. The van der Waals surface area contributed by atoms with Gasteiger partial charge in [-0.05, 0) is 46.7 Å². The summed E-state index contributed by atoms with van der Waals surface area (Å²) in [6.07, 6.45) is -3.60. The summed E-state index contributed by atoms with van der Waals surface area (Å²) in [5.41, 5.74) is -0.834. The van der Waals surface area contributed by atoms with E-state index in [0.29, 0.717) is 11.8 Å². The number of carbonyl (C=O) groups is 1. The molecule has 2 heterocycles. The zero-order valence-electron chi connectivity index (χ0n) is 14.4. The lowest BCUT2D eigenvalue weighted by molar-refractivity contribution is -0.139. The molecular weight excluding hydrogens is 409 g/mol. The molecule has 1 N–H and O–H groups in total. The standard InChI is InChI=1S/C19H15F3N2O2S2/c20-19(21,22)14-4-3-8-24(18(14)26)10-17(25)23-15-5-1-2-6-16(15)28-12-13-7-9-27-11-13/h1-9,11H,10,12H2,(H,23,25). The summed E-state index contributed by atoms with van der Waals surface area (Å²) < 4.78 is 39.3. The van der Waals surface area contributed by atoms with Gasteiger partial charge in [0.05, 0.1) is 5.69 Å². The average Bonchev–Trinajstić information content (AvgIpc) is 3.15. The molecule has 146 valence electrons. The van der Waals surface area contributed by atoms with Gasteiger partial charge in [0.15, 0.2) is 0 Å². The van der Waals surface area contributed by atoms with Gasteiger partial charge in [0.2, 0.25) is 5.91 Å². The predicted molar refractivity (Wildman–Crippen MR) is 105 cm³/mol. The van der Waals surface area contributed by atoms with Crippen molar-refractivity contribution in [3.63, 3.8) is 0 Å². The number of anilines is 1. The number of para-hydroxylation sites is 1. The molecule has 0 saturated carbocycles.